The number of nitrogens with zero attached hydrogens (tertiary/aromatic N) is 1. The van der Waals surface area contributed by atoms with E-state index in [9.17, 15) is 4.79 Å². The van der Waals surface area contributed by atoms with Crippen LogP contribution in [0.25, 0.3) is 0 Å². The van der Waals surface area contributed by atoms with Crippen LogP contribution in [-0.2, 0) is 0 Å². The van der Waals surface area contributed by atoms with Crippen molar-refractivity contribution in [2.24, 2.45) is 0 Å². The van der Waals surface area contributed by atoms with Gasteiger partial charge in [0.1, 0.15) is 5.75 Å². The second kappa shape index (κ2) is 6.04. The molecule has 0 fully saturated rings. The van der Waals surface area contributed by atoms with Crippen molar-refractivity contribution in [3.8, 4) is 5.75 Å². The van der Waals surface area contributed by atoms with E-state index in [-0.39, 0.29) is 11.1 Å². The van der Waals surface area contributed by atoms with Crippen LogP contribution in [0.15, 0.2) is 41.0 Å². The summed E-state index contributed by atoms with van der Waals surface area (Å²) in [5, 5.41) is 2.94. The van der Waals surface area contributed by atoms with Gasteiger partial charge in [0.15, 0.2) is 5.15 Å². The number of methoxy groups -OCH3 is 1. The summed E-state index contributed by atoms with van der Waals surface area (Å²) in [6.45, 7) is 0. The lowest BCUT2D eigenvalue weighted by Crippen LogP contribution is -2.13. The van der Waals surface area contributed by atoms with Crippen LogP contribution in [0.4, 0.5) is 5.69 Å². The van der Waals surface area contributed by atoms with Gasteiger partial charge in [0.05, 0.1) is 18.4 Å². The largest absolute Gasteiger partial charge is 0.497 e. The fourth-order valence-electron chi connectivity index (χ4n) is 1.47. The van der Waals surface area contributed by atoms with E-state index < -0.39 is 0 Å². The molecule has 0 aliphatic carbocycles. The molecule has 0 aliphatic heterocycles. The second-order valence-corrected chi connectivity index (χ2v) is 4.85. The van der Waals surface area contributed by atoms with Crippen LogP contribution in [0, 0.1) is 0 Å². The van der Waals surface area contributed by atoms with Crippen molar-refractivity contribution in [2.75, 3.05) is 12.4 Å². The molecule has 1 aromatic heterocycles. The number of hydrogen-bond acceptors (Lipinski definition) is 3. The van der Waals surface area contributed by atoms with Gasteiger partial charge in [-0.25, -0.2) is 4.98 Å². The third kappa shape index (κ3) is 3.24. The molecule has 0 unspecified atom stereocenters. The Labute approximate surface area is 123 Å². The van der Waals surface area contributed by atoms with Crippen molar-refractivity contribution in [1.29, 1.82) is 0 Å². The fraction of sp³-hybridized carbons (Fsp3) is 0.0769. The van der Waals surface area contributed by atoms with Gasteiger partial charge in [-0.15, -0.1) is 0 Å². The van der Waals surface area contributed by atoms with E-state index >= 15 is 0 Å². The summed E-state index contributed by atoms with van der Waals surface area (Å²) in [5.74, 6) is 0.311. The first-order valence-electron chi connectivity index (χ1n) is 5.37. The van der Waals surface area contributed by atoms with Crippen LogP contribution in [0.1, 0.15) is 10.4 Å². The quantitative estimate of drug-likeness (QED) is 0.865. The van der Waals surface area contributed by atoms with E-state index in [1.807, 2.05) is 0 Å². The topological polar surface area (TPSA) is 51.2 Å². The van der Waals surface area contributed by atoms with Gasteiger partial charge in [0, 0.05) is 10.7 Å². The first-order valence-corrected chi connectivity index (χ1v) is 6.54. The standard InChI is InChI=1S/C13H10BrClN2O2/c1-19-8-4-5-10(14)9(7-8)13(18)17-11-3-2-6-16-12(11)15/h2-7H,1H3,(H,17,18). The van der Waals surface area contributed by atoms with Crippen molar-refractivity contribution in [2.45, 2.75) is 0 Å². The van der Waals surface area contributed by atoms with E-state index in [0.717, 1.165) is 0 Å². The average Bonchev–Trinajstić information content (AvgIpc) is 2.42. The van der Waals surface area contributed by atoms with Crippen LogP contribution in [-0.4, -0.2) is 18.0 Å². The lowest BCUT2D eigenvalue weighted by atomic mass is 10.2. The maximum absolute atomic E-state index is 12.2. The van der Waals surface area contributed by atoms with E-state index in [1.54, 1.807) is 43.6 Å². The number of ether oxygens (including phenoxy) is 1. The Balaban J connectivity index is 2.28. The monoisotopic (exact) mass is 340 g/mol. The first kappa shape index (κ1) is 13.8. The van der Waals surface area contributed by atoms with E-state index in [2.05, 4.69) is 26.2 Å². The third-order valence-electron chi connectivity index (χ3n) is 2.43. The number of benzene rings is 1. The highest BCUT2D eigenvalue weighted by Crippen LogP contribution is 2.25. The highest BCUT2D eigenvalue weighted by molar-refractivity contribution is 9.10. The number of carbonyl (C=O) groups is 1. The zero-order valence-electron chi connectivity index (χ0n) is 9.98. The Hall–Kier alpha value is -1.59. The van der Waals surface area contributed by atoms with Gasteiger partial charge in [-0.2, -0.15) is 0 Å². The molecule has 0 bridgehead atoms. The molecule has 19 heavy (non-hydrogen) atoms. The zero-order valence-corrected chi connectivity index (χ0v) is 12.3. The molecule has 0 spiro atoms. The number of rotatable bonds is 3. The Morgan fingerprint density at radius 2 is 2.21 bits per heavy atom. The molecule has 0 saturated carbocycles. The predicted octanol–water partition coefficient (Wildman–Crippen LogP) is 3.76. The molecule has 0 saturated heterocycles. The molecular weight excluding hydrogens is 332 g/mol. The molecule has 1 heterocycles. The van der Waals surface area contributed by atoms with Crippen LogP contribution in [0.2, 0.25) is 5.15 Å². The van der Waals surface area contributed by atoms with Crippen LogP contribution >= 0.6 is 27.5 Å². The third-order valence-corrected chi connectivity index (χ3v) is 3.42. The predicted molar refractivity (Wildman–Crippen MR) is 77.9 cm³/mol. The minimum Gasteiger partial charge on any atom is -0.497 e. The Kier molecular flexibility index (Phi) is 4.39. The van der Waals surface area contributed by atoms with Crippen LogP contribution in [0.5, 0.6) is 5.75 Å². The van der Waals surface area contributed by atoms with Gasteiger partial charge in [-0.1, -0.05) is 11.6 Å². The van der Waals surface area contributed by atoms with Gasteiger partial charge in [0.25, 0.3) is 5.91 Å². The summed E-state index contributed by atoms with van der Waals surface area (Å²) in [6.07, 6.45) is 1.56. The molecular formula is C13H10BrClN2O2. The van der Waals surface area contributed by atoms with Crippen molar-refractivity contribution >= 4 is 39.1 Å². The molecule has 0 aliphatic rings. The molecule has 2 rings (SSSR count). The van der Waals surface area contributed by atoms with Gasteiger partial charge in [-0.3, -0.25) is 4.79 Å². The van der Waals surface area contributed by atoms with Gasteiger partial charge < -0.3 is 10.1 Å². The molecule has 0 atom stereocenters. The maximum Gasteiger partial charge on any atom is 0.257 e. The molecule has 1 amide bonds. The Morgan fingerprint density at radius 3 is 2.89 bits per heavy atom. The summed E-state index contributed by atoms with van der Waals surface area (Å²) >= 11 is 9.22. The van der Waals surface area contributed by atoms with Crippen molar-refractivity contribution in [3.63, 3.8) is 0 Å². The molecule has 1 aromatic carbocycles. The number of pyridine rings is 1. The summed E-state index contributed by atoms with van der Waals surface area (Å²) in [4.78, 5) is 16.1. The number of carbonyl (C=O) groups excluding carboxylic acids is 1. The minimum atomic E-state index is -0.291. The summed E-state index contributed by atoms with van der Waals surface area (Å²) < 4.78 is 5.77. The van der Waals surface area contributed by atoms with Gasteiger partial charge >= 0.3 is 0 Å². The molecule has 1 N–H and O–H groups in total. The van der Waals surface area contributed by atoms with Crippen LogP contribution in [0.3, 0.4) is 0 Å². The van der Waals surface area contributed by atoms with Gasteiger partial charge in [0.2, 0.25) is 0 Å². The lowest BCUT2D eigenvalue weighted by molar-refractivity contribution is 0.102. The first-order chi connectivity index (χ1) is 9.11. The smallest absolute Gasteiger partial charge is 0.257 e. The number of amides is 1. The number of halogens is 2. The molecule has 6 heteroatoms. The number of aromatic nitrogens is 1. The highest BCUT2D eigenvalue weighted by Gasteiger charge is 2.13. The molecule has 98 valence electrons. The van der Waals surface area contributed by atoms with E-state index in [0.29, 0.717) is 21.5 Å². The molecule has 0 radical (unpaired) electrons. The van der Waals surface area contributed by atoms with E-state index in [1.165, 1.54) is 0 Å². The van der Waals surface area contributed by atoms with Crippen molar-refractivity contribution in [3.05, 3.63) is 51.7 Å². The number of hydrogen-bond donors (Lipinski definition) is 1. The van der Waals surface area contributed by atoms with Crippen molar-refractivity contribution < 1.29 is 9.53 Å². The number of nitrogens with one attached hydrogen (secondary N) is 1. The minimum absolute atomic E-state index is 0.245. The second-order valence-electron chi connectivity index (χ2n) is 3.64. The Morgan fingerprint density at radius 1 is 1.42 bits per heavy atom. The summed E-state index contributed by atoms with van der Waals surface area (Å²) in [5.41, 5.74) is 0.920. The lowest BCUT2D eigenvalue weighted by Gasteiger charge is -2.09. The van der Waals surface area contributed by atoms with Crippen molar-refractivity contribution in [1.82, 2.24) is 4.98 Å². The summed E-state index contributed by atoms with van der Waals surface area (Å²) in [7, 11) is 1.54. The molecule has 4 nitrogen and oxygen atoms in total. The average molecular weight is 342 g/mol. The Bertz CT molecular complexity index is 619. The van der Waals surface area contributed by atoms with Gasteiger partial charge in [-0.05, 0) is 46.3 Å². The summed E-state index contributed by atoms with van der Waals surface area (Å²) in [6, 6.07) is 8.53. The molecule has 2 aromatic rings. The fourth-order valence-corrected chi connectivity index (χ4v) is 2.07. The van der Waals surface area contributed by atoms with Crippen LogP contribution < -0.4 is 10.1 Å². The maximum atomic E-state index is 12.2. The van der Waals surface area contributed by atoms with E-state index in [4.69, 9.17) is 16.3 Å². The normalized spacial score (nSPS) is 10.1. The highest BCUT2D eigenvalue weighted by atomic mass is 79.9. The SMILES string of the molecule is COc1ccc(Br)c(C(=O)Nc2cccnc2Cl)c1. The zero-order chi connectivity index (χ0) is 13.8. The number of anilines is 1.